The lowest BCUT2D eigenvalue weighted by Gasteiger charge is -2.46. The molecule has 1 N–H and O–H groups in total. The second-order valence-corrected chi connectivity index (χ2v) is 8.18. The van der Waals surface area contributed by atoms with Crippen LogP contribution in [0.3, 0.4) is 0 Å². The highest BCUT2D eigenvalue weighted by Gasteiger charge is 2.37. The van der Waals surface area contributed by atoms with E-state index >= 15 is 0 Å². The summed E-state index contributed by atoms with van der Waals surface area (Å²) in [5.41, 5.74) is 0.761. The number of nitrogens with one attached hydrogen (secondary N) is 1. The summed E-state index contributed by atoms with van der Waals surface area (Å²) in [5.74, 6) is 2.05. The Labute approximate surface area is 132 Å². The maximum atomic E-state index is 3.49. The van der Waals surface area contributed by atoms with Gasteiger partial charge in [0.2, 0.25) is 0 Å². The second kappa shape index (κ2) is 7.46. The Morgan fingerprint density at radius 1 is 0.905 bits per heavy atom. The molecule has 0 atom stereocenters. The molecule has 1 aliphatic carbocycles. The molecule has 0 unspecified atom stereocenters. The Hall–Kier alpha value is -0.0800. The monoisotopic (exact) mass is 292 g/mol. The summed E-state index contributed by atoms with van der Waals surface area (Å²) in [6, 6.07) is 0. The van der Waals surface area contributed by atoms with Crippen LogP contribution in [0.5, 0.6) is 0 Å². The molecule has 1 spiro atoms. The van der Waals surface area contributed by atoms with E-state index in [0.717, 1.165) is 17.3 Å². The Morgan fingerprint density at radius 2 is 1.57 bits per heavy atom. The van der Waals surface area contributed by atoms with Crippen molar-refractivity contribution in [2.24, 2.45) is 17.3 Å². The molecule has 0 amide bonds. The number of piperidine rings is 2. The topological polar surface area (TPSA) is 15.3 Å². The summed E-state index contributed by atoms with van der Waals surface area (Å²) >= 11 is 0. The quantitative estimate of drug-likeness (QED) is 0.840. The average molecular weight is 293 g/mol. The SMILES string of the molecule is CCC1CCC2(CC1)CCN(CCC1CCNCC1)CC2. The van der Waals surface area contributed by atoms with Crippen molar-refractivity contribution in [3.63, 3.8) is 0 Å². The molecule has 0 aromatic carbocycles. The molecule has 2 saturated heterocycles. The van der Waals surface area contributed by atoms with E-state index in [2.05, 4.69) is 17.1 Å². The third-order valence-electron chi connectivity index (χ3n) is 6.97. The Kier molecular flexibility index (Phi) is 5.61. The largest absolute Gasteiger partial charge is 0.317 e. The van der Waals surface area contributed by atoms with Crippen molar-refractivity contribution in [1.29, 1.82) is 0 Å². The first-order valence-corrected chi connectivity index (χ1v) is 9.73. The molecule has 0 radical (unpaired) electrons. The van der Waals surface area contributed by atoms with Crippen LogP contribution in [0.2, 0.25) is 0 Å². The summed E-state index contributed by atoms with van der Waals surface area (Å²) < 4.78 is 0. The van der Waals surface area contributed by atoms with Gasteiger partial charge in [-0.3, -0.25) is 0 Å². The zero-order valence-corrected chi connectivity index (χ0v) is 14.2. The predicted molar refractivity (Wildman–Crippen MR) is 90.6 cm³/mol. The van der Waals surface area contributed by atoms with E-state index in [4.69, 9.17) is 0 Å². The number of nitrogens with zero attached hydrogens (tertiary/aromatic N) is 1. The van der Waals surface area contributed by atoms with E-state index in [9.17, 15) is 0 Å². The van der Waals surface area contributed by atoms with Crippen molar-refractivity contribution in [2.45, 2.75) is 71.1 Å². The van der Waals surface area contributed by atoms with Crippen molar-refractivity contribution in [1.82, 2.24) is 10.2 Å². The van der Waals surface area contributed by atoms with Crippen LogP contribution in [0.4, 0.5) is 0 Å². The van der Waals surface area contributed by atoms with Crippen LogP contribution in [0.1, 0.15) is 71.1 Å². The van der Waals surface area contributed by atoms with Crippen LogP contribution in [-0.4, -0.2) is 37.6 Å². The molecule has 0 bridgehead atoms. The molecule has 2 heterocycles. The predicted octanol–water partition coefficient (Wildman–Crippen LogP) is 4.06. The van der Waals surface area contributed by atoms with Gasteiger partial charge in [0.15, 0.2) is 0 Å². The van der Waals surface area contributed by atoms with Gasteiger partial charge in [-0.15, -0.1) is 0 Å². The lowest BCUT2D eigenvalue weighted by atomic mass is 9.65. The first kappa shape index (κ1) is 15.8. The minimum atomic E-state index is 0.761. The van der Waals surface area contributed by atoms with Gasteiger partial charge in [-0.05, 0) is 108 Å². The van der Waals surface area contributed by atoms with Gasteiger partial charge in [0.05, 0.1) is 0 Å². The molecule has 3 rings (SSSR count). The Morgan fingerprint density at radius 3 is 2.19 bits per heavy atom. The molecule has 1 saturated carbocycles. The fraction of sp³-hybridized carbons (Fsp3) is 1.00. The lowest BCUT2D eigenvalue weighted by Crippen LogP contribution is -2.42. The second-order valence-electron chi connectivity index (χ2n) is 8.18. The summed E-state index contributed by atoms with van der Waals surface area (Å²) in [6.07, 6.45) is 14.8. The molecule has 2 heteroatoms. The number of hydrogen-bond donors (Lipinski definition) is 1. The van der Waals surface area contributed by atoms with Crippen LogP contribution >= 0.6 is 0 Å². The molecule has 0 aromatic heterocycles. The van der Waals surface area contributed by atoms with Crippen molar-refractivity contribution in [3.8, 4) is 0 Å². The molecule has 3 aliphatic rings. The third-order valence-corrected chi connectivity index (χ3v) is 6.97. The Bertz CT molecular complexity index is 291. The summed E-state index contributed by atoms with van der Waals surface area (Å²) in [4.78, 5) is 2.78. The van der Waals surface area contributed by atoms with E-state index in [1.54, 1.807) is 0 Å². The van der Waals surface area contributed by atoms with E-state index in [-0.39, 0.29) is 0 Å². The summed E-state index contributed by atoms with van der Waals surface area (Å²) in [5, 5.41) is 3.49. The normalized spacial score (nSPS) is 29.0. The smallest absolute Gasteiger partial charge is 0.00134 e. The molecule has 2 nitrogen and oxygen atoms in total. The van der Waals surface area contributed by atoms with Gasteiger partial charge in [0, 0.05) is 0 Å². The molecule has 2 aliphatic heterocycles. The highest BCUT2D eigenvalue weighted by atomic mass is 15.1. The van der Waals surface area contributed by atoms with Crippen molar-refractivity contribution in [2.75, 3.05) is 32.7 Å². The molecular formula is C19H36N2. The van der Waals surface area contributed by atoms with Crippen LogP contribution in [0.25, 0.3) is 0 Å². The number of rotatable bonds is 4. The van der Waals surface area contributed by atoms with Gasteiger partial charge in [-0.1, -0.05) is 13.3 Å². The first-order chi connectivity index (χ1) is 10.3. The van der Waals surface area contributed by atoms with Crippen molar-refractivity contribution in [3.05, 3.63) is 0 Å². The molecular weight excluding hydrogens is 256 g/mol. The van der Waals surface area contributed by atoms with E-state index in [0.29, 0.717) is 0 Å². The van der Waals surface area contributed by atoms with E-state index < -0.39 is 0 Å². The zero-order valence-electron chi connectivity index (χ0n) is 14.2. The standard InChI is InChI=1S/C19H36N2/c1-2-17-3-8-19(9-4-17)10-15-21(16-11-19)14-7-18-5-12-20-13-6-18/h17-18,20H,2-16H2,1H3. The highest BCUT2D eigenvalue weighted by Crippen LogP contribution is 2.46. The number of hydrogen-bond acceptors (Lipinski definition) is 2. The fourth-order valence-electron chi connectivity index (χ4n) is 4.98. The maximum absolute atomic E-state index is 3.49. The molecule has 0 aromatic rings. The minimum absolute atomic E-state index is 0.761. The van der Waals surface area contributed by atoms with Crippen LogP contribution in [0.15, 0.2) is 0 Å². The number of likely N-dealkylation sites (tertiary alicyclic amines) is 1. The maximum Gasteiger partial charge on any atom is -0.00134 e. The molecule has 21 heavy (non-hydrogen) atoms. The lowest BCUT2D eigenvalue weighted by molar-refractivity contribution is 0.0487. The van der Waals surface area contributed by atoms with Gasteiger partial charge in [0.1, 0.15) is 0 Å². The summed E-state index contributed by atoms with van der Waals surface area (Å²) in [7, 11) is 0. The summed E-state index contributed by atoms with van der Waals surface area (Å²) in [6.45, 7) is 9.05. The molecule has 122 valence electrons. The first-order valence-electron chi connectivity index (χ1n) is 9.73. The van der Waals surface area contributed by atoms with Crippen molar-refractivity contribution < 1.29 is 0 Å². The fourth-order valence-corrected chi connectivity index (χ4v) is 4.98. The van der Waals surface area contributed by atoms with Gasteiger partial charge in [-0.2, -0.15) is 0 Å². The van der Waals surface area contributed by atoms with Gasteiger partial charge in [-0.25, -0.2) is 0 Å². The van der Waals surface area contributed by atoms with Crippen LogP contribution in [0, 0.1) is 17.3 Å². The minimum Gasteiger partial charge on any atom is -0.317 e. The van der Waals surface area contributed by atoms with Gasteiger partial charge in [0.25, 0.3) is 0 Å². The van der Waals surface area contributed by atoms with Crippen molar-refractivity contribution >= 4 is 0 Å². The molecule has 3 fully saturated rings. The average Bonchev–Trinajstić information content (AvgIpc) is 2.56. The highest BCUT2D eigenvalue weighted by molar-refractivity contribution is 4.90. The third kappa shape index (κ3) is 4.22. The van der Waals surface area contributed by atoms with Crippen LogP contribution < -0.4 is 5.32 Å². The van der Waals surface area contributed by atoms with E-state index in [1.165, 1.54) is 96.9 Å². The van der Waals surface area contributed by atoms with Gasteiger partial charge < -0.3 is 10.2 Å². The van der Waals surface area contributed by atoms with Crippen LogP contribution in [-0.2, 0) is 0 Å². The van der Waals surface area contributed by atoms with Gasteiger partial charge >= 0.3 is 0 Å². The Balaban J connectivity index is 1.37. The zero-order chi connectivity index (χ0) is 14.5. The van der Waals surface area contributed by atoms with E-state index in [1.807, 2.05) is 0 Å².